The van der Waals surface area contributed by atoms with Gasteiger partial charge in [0, 0.05) is 17.5 Å². The maximum Gasteiger partial charge on any atom is 0.223 e. The molecule has 0 unspecified atom stereocenters. The van der Waals surface area contributed by atoms with Gasteiger partial charge < -0.3 is 10.1 Å². The van der Waals surface area contributed by atoms with Crippen molar-refractivity contribution in [1.82, 2.24) is 10.3 Å². The Labute approximate surface area is 122 Å². The van der Waals surface area contributed by atoms with E-state index in [1.807, 2.05) is 42.5 Å². The predicted octanol–water partition coefficient (Wildman–Crippen LogP) is 3.89. The molecule has 0 aliphatic heterocycles. The summed E-state index contributed by atoms with van der Waals surface area (Å²) in [5, 5.41) is 5.08. The number of nitrogens with zero attached hydrogens (tertiary/aromatic N) is 1. The largest absolute Gasteiger partial charge is 0.438 e. The van der Waals surface area contributed by atoms with Crippen LogP contribution in [0, 0.1) is 5.82 Å². The molecule has 2 aromatic carbocycles. The van der Waals surface area contributed by atoms with Crippen LogP contribution < -0.4 is 10.1 Å². The van der Waals surface area contributed by atoms with Gasteiger partial charge in [-0.3, -0.25) is 0 Å². The van der Waals surface area contributed by atoms with Crippen molar-refractivity contribution in [2.24, 2.45) is 0 Å². The molecule has 1 heterocycles. The smallest absolute Gasteiger partial charge is 0.223 e. The van der Waals surface area contributed by atoms with Gasteiger partial charge in [-0.15, -0.1) is 0 Å². The van der Waals surface area contributed by atoms with E-state index in [-0.39, 0.29) is 5.82 Å². The molecule has 3 rings (SSSR count). The van der Waals surface area contributed by atoms with Gasteiger partial charge in [0.1, 0.15) is 11.6 Å². The van der Waals surface area contributed by atoms with E-state index < -0.39 is 0 Å². The van der Waals surface area contributed by atoms with Crippen molar-refractivity contribution >= 4 is 10.8 Å². The number of hydrogen-bond acceptors (Lipinski definition) is 3. The van der Waals surface area contributed by atoms with Crippen LogP contribution in [0.3, 0.4) is 0 Å². The third kappa shape index (κ3) is 2.85. The normalized spacial score (nSPS) is 10.8. The first-order valence-corrected chi connectivity index (χ1v) is 6.72. The number of aromatic nitrogens is 1. The highest BCUT2D eigenvalue weighted by atomic mass is 19.1. The first-order valence-electron chi connectivity index (χ1n) is 6.72. The van der Waals surface area contributed by atoms with E-state index in [1.54, 1.807) is 7.05 Å². The lowest BCUT2D eigenvalue weighted by molar-refractivity contribution is 0.454. The Balaban J connectivity index is 2.02. The van der Waals surface area contributed by atoms with Crippen LogP contribution in [-0.4, -0.2) is 12.0 Å². The molecule has 0 radical (unpaired) electrons. The number of rotatable bonds is 4. The molecule has 0 atom stereocenters. The van der Waals surface area contributed by atoms with E-state index in [2.05, 4.69) is 10.3 Å². The van der Waals surface area contributed by atoms with E-state index in [0.29, 0.717) is 23.7 Å². The molecule has 1 aromatic heterocycles. The molecular weight excluding hydrogens is 267 g/mol. The number of ether oxygens (including phenoxy) is 1. The molecule has 0 spiro atoms. The zero-order chi connectivity index (χ0) is 14.7. The van der Waals surface area contributed by atoms with Gasteiger partial charge in [0.25, 0.3) is 0 Å². The van der Waals surface area contributed by atoms with Gasteiger partial charge in [0.05, 0.1) is 6.20 Å². The minimum absolute atomic E-state index is 0.370. The number of nitrogens with one attached hydrogen (secondary N) is 1. The summed E-state index contributed by atoms with van der Waals surface area (Å²) in [4.78, 5) is 4.06. The number of fused-ring (bicyclic) bond motifs is 1. The van der Waals surface area contributed by atoms with E-state index in [4.69, 9.17) is 4.74 Å². The Kier molecular flexibility index (Phi) is 3.79. The lowest BCUT2D eigenvalue weighted by atomic mass is 10.1. The number of halogens is 1. The summed E-state index contributed by atoms with van der Waals surface area (Å²) >= 11 is 0. The second-order valence-electron chi connectivity index (χ2n) is 4.73. The highest BCUT2D eigenvalue weighted by Gasteiger charge is 2.09. The van der Waals surface area contributed by atoms with Crippen molar-refractivity contribution < 1.29 is 9.13 Å². The molecule has 3 nitrogen and oxygen atoms in total. The van der Waals surface area contributed by atoms with Crippen LogP contribution in [0.1, 0.15) is 5.56 Å². The van der Waals surface area contributed by atoms with Crippen molar-refractivity contribution in [1.29, 1.82) is 0 Å². The third-order valence-corrected chi connectivity index (χ3v) is 3.22. The van der Waals surface area contributed by atoms with Crippen LogP contribution in [0.5, 0.6) is 11.6 Å². The Morgan fingerprint density at radius 1 is 1.14 bits per heavy atom. The lowest BCUT2D eigenvalue weighted by Crippen LogP contribution is -2.07. The van der Waals surface area contributed by atoms with E-state index in [9.17, 15) is 4.39 Å². The number of hydrogen-bond donors (Lipinski definition) is 1. The average Bonchev–Trinajstić information content (AvgIpc) is 2.50. The monoisotopic (exact) mass is 282 g/mol. The molecule has 0 saturated heterocycles. The molecule has 4 heteroatoms. The average molecular weight is 282 g/mol. The number of pyridine rings is 1. The highest BCUT2D eigenvalue weighted by molar-refractivity contribution is 5.88. The maximum atomic E-state index is 13.3. The number of benzene rings is 2. The van der Waals surface area contributed by atoms with E-state index in [1.165, 1.54) is 12.3 Å². The summed E-state index contributed by atoms with van der Waals surface area (Å²) in [5.74, 6) is 0.761. The molecule has 21 heavy (non-hydrogen) atoms. The van der Waals surface area contributed by atoms with E-state index in [0.717, 1.165) is 10.8 Å². The molecule has 0 aliphatic carbocycles. The van der Waals surface area contributed by atoms with Crippen molar-refractivity contribution in [3.8, 4) is 11.6 Å². The summed E-state index contributed by atoms with van der Waals surface area (Å²) in [7, 11) is 1.80. The zero-order valence-corrected chi connectivity index (χ0v) is 11.6. The van der Waals surface area contributed by atoms with Gasteiger partial charge in [0.15, 0.2) is 0 Å². The van der Waals surface area contributed by atoms with Crippen molar-refractivity contribution in [2.75, 3.05) is 7.05 Å². The topological polar surface area (TPSA) is 34.2 Å². The van der Waals surface area contributed by atoms with Crippen LogP contribution in [0.2, 0.25) is 0 Å². The zero-order valence-electron chi connectivity index (χ0n) is 11.6. The SMILES string of the molecule is CNCc1cc(F)cnc1Oc1cccc2ccccc12. The van der Waals surface area contributed by atoms with Gasteiger partial charge in [-0.05, 0) is 24.6 Å². The van der Waals surface area contributed by atoms with Gasteiger partial charge >= 0.3 is 0 Å². The molecule has 0 fully saturated rings. The van der Waals surface area contributed by atoms with Gasteiger partial charge in [0.2, 0.25) is 5.88 Å². The molecular formula is C17H15FN2O. The Hall–Kier alpha value is -2.46. The second kappa shape index (κ2) is 5.89. The third-order valence-electron chi connectivity index (χ3n) is 3.22. The summed E-state index contributed by atoms with van der Waals surface area (Å²) in [6.45, 7) is 0.491. The highest BCUT2D eigenvalue weighted by Crippen LogP contribution is 2.30. The molecule has 1 N–H and O–H groups in total. The fraction of sp³-hybridized carbons (Fsp3) is 0.118. The summed E-state index contributed by atoms with van der Waals surface area (Å²) in [6, 6.07) is 15.2. The standard InChI is InChI=1S/C17H15FN2O/c1-19-10-13-9-14(18)11-20-17(13)21-16-8-4-6-12-5-2-3-7-15(12)16/h2-9,11,19H,10H2,1H3. The summed E-state index contributed by atoms with van der Waals surface area (Å²) < 4.78 is 19.2. The second-order valence-corrected chi connectivity index (χ2v) is 4.73. The van der Waals surface area contributed by atoms with E-state index >= 15 is 0 Å². The van der Waals surface area contributed by atoms with Crippen molar-refractivity contribution in [2.45, 2.75) is 6.54 Å². The minimum atomic E-state index is -0.370. The summed E-state index contributed by atoms with van der Waals surface area (Å²) in [6.07, 6.45) is 1.17. The molecule has 106 valence electrons. The van der Waals surface area contributed by atoms with Crippen molar-refractivity contribution in [3.05, 3.63) is 66.1 Å². The maximum absolute atomic E-state index is 13.3. The van der Waals surface area contributed by atoms with Crippen LogP contribution in [0.25, 0.3) is 10.8 Å². The van der Waals surface area contributed by atoms with Gasteiger partial charge in [-0.2, -0.15) is 0 Å². The Morgan fingerprint density at radius 2 is 1.95 bits per heavy atom. The fourth-order valence-electron chi connectivity index (χ4n) is 2.27. The molecule has 0 aliphatic rings. The molecule has 0 saturated carbocycles. The van der Waals surface area contributed by atoms with Crippen LogP contribution in [-0.2, 0) is 6.54 Å². The predicted molar refractivity (Wildman–Crippen MR) is 81.0 cm³/mol. The molecule has 0 bridgehead atoms. The Morgan fingerprint density at radius 3 is 2.81 bits per heavy atom. The van der Waals surface area contributed by atoms with Crippen LogP contribution >= 0.6 is 0 Å². The van der Waals surface area contributed by atoms with Crippen LogP contribution in [0.4, 0.5) is 4.39 Å². The Bertz CT molecular complexity index is 768. The fourth-order valence-corrected chi connectivity index (χ4v) is 2.27. The van der Waals surface area contributed by atoms with Gasteiger partial charge in [-0.1, -0.05) is 36.4 Å². The van der Waals surface area contributed by atoms with Crippen molar-refractivity contribution in [3.63, 3.8) is 0 Å². The van der Waals surface area contributed by atoms with Crippen LogP contribution in [0.15, 0.2) is 54.7 Å². The first kappa shape index (κ1) is 13.5. The summed E-state index contributed by atoms with van der Waals surface area (Å²) in [5.41, 5.74) is 0.686. The first-order chi connectivity index (χ1) is 10.3. The minimum Gasteiger partial charge on any atom is -0.438 e. The molecule has 3 aromatic rings. The molecule has 0 amide bonds. The lowest BCUT2D eigenvalue weighted by Gasteiger charge is -2.11. The van der Waals surface area contributed by atoms with Gasteiger partial charge in [-0.25, -0.2) is 9.37 Å². The quantitative estimate of drug-likeness (QED) is 0.788.